The fraction of sp³-hybridized carbons (Fsp3) is 0.378. The predicted octanol–water partition coefficient (Wildman–Crippen LogP) is 11.9. The summed E-state index contributed by atoms with van der Waals surface area (Å²) in [4.78, 5) is 0. The molecule has 0 spiro atoms. The Morgan fingerprint density at radius 1 is 0.644 bits per heavy atom. The molecule has 7 rings (SSSR count). The van der Waals surface area contributed by atoms with Crippen LogP contribution in [0.1, 0.15) is 114 Å². The Labute approximate surface area is 272 Å². The first-order valence-electron chi connectivity index (χ1n) is 17.0. The Kier molecular flexibility index (Phi) is 6.80. The molecule has 1 fully saturated rings. The number of allylic oxidation sites excluding steroid dienone is 4. The SMILES string of the molecule is CC(C)(C)C1=CC2C(=C1)C(c1ccccc1)CC2(c1ccccc1)c1c(C(C)(C)C)ccc2c1Cc1cc(C(C)(C)C)ccc1-2. The van der Waals surface area contributed by atoms with Crippen molar-refractivity contribution in [3.63, 3.8) is 0 Å². The van der Waals surface area contributed by atoms with Crippen molar-refractivity contribution >= 4 is 0 Å². The maximum atomic E-state index is 2.68. The Hall–Kier alpha value is -3.64. The zero-order chi connectivity index (χ0) is 31.9. The second kappa shape index (κ2) is 10.2. The summed E-state index contributed by atoms with van der Waals surface area (Å²) in [7, 11) is 0. The normalized spacial score (nSPS) is 22.5. The van der Waals surface area contributed by atoms with Gasteiger partial charge in [0.25, 0.3) is 0 Å². The van der Waals surface area contributed by atoms with Crippen LogP contribution in [0.3, 0.4) is 0 Å². The Morgan fingerprint density at radius 2 is 1.29 bits per heavy atom. The van der Waals surface area contributed by atoms with E-state index in [9.17, 15) is 0 Å². The van der Waals surface area contributed by atoms with Gasteiger partial charge in [-0.3, -0.25) is 0 Å². The lowest BCUT2D eigenvalue weighted by Crippen LogP contribution is -2.36. The minimum atomic E-state index is -0.177. The van der Waals surface area contributed by atoms with Gasteiger partial charge in [0.05, 0.1) is 0 Å². The molecular formula is C45H50. The van der Waals surface area contributed by atoms with E-state index in [1.807, 2.05) is 0 Å². The standard InChI is InChI=1S/C45H50/c1-42(2,3)32-20-21-34-30(24-32)25-37-35(34)22-23-39(44(7,8)9)41(37)45(31-18-14-11-15-19-31)28-38(29-16-12-10-13-17-29)36-26-33(27-40(36)45)43(4,5)6/h10-24,26-27,38,40H,25,28H2,1-9H3. The van der Waals surface area contributed by atoms with E-state index < -0.39 is 0 Å². The van der Waals surface area contributed by atoms with E-state index in [1.54, 1.807) is 16.7 Å². The lowest BCUT2D eigenvalue weighted by atomic mass is 9.61. The molecule has 3 aliphatic carbocycles. The van der Waals surface area contributed by atoms with Crippen molar-refractivity contribution in [2.75, 3.05) is 0 Å². The van der Waals surface area contributed by atoms with Crippen molar-refractivity contribution in [1.29, 1.82) is 0 Å². The van der Waals surface area contributed by atoms with Gasteiger partial charge in [0.2, 0.25) is 0 Å². The monoisotopic (exact) mass is 590 g/mol. The maximum Gasteiger partial charge on any atom is 0.0318 e. The summed E-state index contributed by atoms with van der Waals surface area (Å²) in [5.74, 6) is 0.674. The van der Waals surface area contributed by atoms with Gasteiger partial charge in [-0.1, -0.05) is 171 Å². The molecule has 0 N–H and O–H groups in total. The van der Waals surface area contributed by atoms with Crippen LogP contribution in [-0.4, -0.2) is 0 Å². The van der Waals surface area contributed by atoms with Crippen LogP contribution in [0.25, 0.3) is 11.1 Å². The number of hydrogen-bond donors (Lipinski definition) is 0. The zero-order valence-electron chi connectivity index (χ0n) is 28.9. The van der Waals surface area contributed by atoms with Crippen LogP contribution in [0.4, 0.5) is 0 Å². The number of hydrogen-bond acceptors (Lipinski definition) is 0. The second-order valence-electron chi connectivity index (χ2n) is 17.1. The van der Waals surface area contributed by atoms with Crippen molar-refractivity contribution < 1.29 is 0 Å². The van der Waals surface area contributed by atoms with Gasteiger partial charge in [-0.25, -0.2) is 0 Å². The molecular weight excluding hydrogens is 540 g/mol. The van der Waals surface area contributed by atoms with E-state index >= 15 is 0 Å². The van der Waals surface area contributed by atoms with Gasteiger partial charge in [-0.05, 0) is 84.7 Å². The van der Waals surface area contributed by atoms with Gasteiger partial charge in [0.15, 0.2) is 0 Å². The van der Waals surface area contributed by atoms with Crippen LogP contribution in [0.5, 0.6) is 0 Å². The molecule has 0 radical (unpaired) electrons. The van der Waals surface area contributed by atoms with Crippen molar-refractivity contribution in [3.8, 4) is 11.1 Å². The molecule has 1 saturated carbocycles. The third-order valence-corrected chi connectivity index (χ3v) is 11.0. The molecule has 0 heteroatoms. The quantitative estimate of drug-likeness (QED) is 0.196. The van der Waals surface area contributed by atoms with Gasteiger partial charge in [0.1, 0.15) is 0 Å². The molecule has 45 heavy (non-hydrogen) atoms. The highest BCUT2D eigenvalue weighted by Gasteiger charge is 2.56. The first-order valence-corrected chi connectivity index (χ1v) is 17.0. The Balaban J connectivity index is 1.56. The molecule has 0 nitrogen and oxygen atoms in total. The molecule has 4 aromatic carbocycles. The summed E-state index contributed by atoms with van der Waals surface area (Å²) in [5, 5.41) is 0. The van der Waals surface area contributed by atoms with E-state index in [4.69, 9.17) is 0 Å². The topological polar surface area (TPSA) is 0 Å². The lowest BCUT2D eigenvalue weighted by Gasteiger charge is -2.41. The molecule has 230 valence electrons. The molecule has 0 aliphatic heterocycles. The predicted molar refractivity (Wildman–Crippen MR) is 192 cm³/mol. The lowest BCUT2D eigenvalue weighted by molar-refractivity contribution is 0.436. The van der Waals surface area contributed by atoms with Gasteiger partial charge >= 0.3 is 0 Å². The molecule has 4 aromatic rings. The number of benzene rings is 4. The highest BCUT2D eigenvalue weighted by molar-refractivity contribution is 5.81. The van der Waals surface area contributed by atoms with Crippen molar-refractivity contribution in [2.45, 2.75) is 97.3 Å². The molecule has 3 unspecified atom stereocenters. The van der Waals surface area contributed by atoms with E-state index in [0.717, 1.165) is 12.8 Å². The third kappa shape index (κ3) is 4.79. The summed E-state index contributed by atoms with van der Waals surface area (Å²) in [5.41, 5.74) is 16.4. The third-order valence-electron chi connectivity index (χ3n) is 11.0. The minimum absolute atomic E-state index is 0.00136. The highest BCUT2D eigenvalue weighted by atomic mass is 14.6. The van der Waals surface area contributed by atoms with Crippen LogP contribution in [0.15, 0.2) is 114 Å². The first-order chi connectivity index (χ1) is 21.2. The average Bonchev–Trinajstić information content (AvgIpc) is 3.68. The molecule has 0 saturated heterocycles. The number of fused-ring (bicyclic) bond motifs is 4. The molecule has 3 aliphatic rings. The van der Waals surface area contributed by atoms with E-state index in [2.05, 4.69) is 165 Å². The second-order valence-corrected chi connectivity index (χ2v) is 17.1. The Bertz CT molecular complexity index is 1830. The maximum absolute atomic E-state index is 2.68. The smallest absolute Gasteiger partial charge is 0.0318 e. The Morgan fingerprint density at radius 3 is 1.91 bits per heavy atom. The van der Waals surface area contributed by atoms with Gasteiger partial charge < -0.3 is 0 Å². The largest absolute Gasteiger partial charge is 0.0723 e. The van der Waals surface area contributed by atoms with Crippen LogP contribution < -0.4 is 0 Å². The summed E-state index contributed by atoms with van der Waals surface area (Å²) in [6.45, 7) is 21.4. The molecule has 0 heterocycles. The molecule has 0 bridgehead atoms. The van der Waals surface area contributed by atoms with Crippen molar-refractivity contribution in [2.24, 2.45) is 11.3 Å². The summed E-state index contributed by atoms with van der Waals surface area (Å²) in [6.07, 6.45) is 7.35. The van der Waals surface area contributed by atoms with Crippen LogP contribution in [-0.2, 0) is 22.7 Å². The van der Waals surface area contributed by atoms with Gasteiger partial charge in [0, 0.05) is 17.3 Å². The van der Waals surface area contributed by atoms with Crippen molar-refractivity contribution in [1.82, 2.24) is 0 Å². The van der Waals surface area contributed by atoms with Crippen LogP contribution in [0.2, 0.25) is 0 Å². The van der Waals surface area contributed by atoms with Crippen LogP contribution >= 0.6 is 0 Å². The highest BCUT2D eigenvalue weighted by Crippen LogP contribution is 2.64. The fourth-order valence-corrected chi connectivity index (χ4v) is 8.68. The zero-order valence-corrected chi connectivity index (χ0v) is 28.9. The summed E-state index contributed by atoms with van der Waals surface area (Å²) < 4.78 is 0. The summed E-state index contributed by atoms with van der Waals surface area (Å²) in [6, 6.07) is 35.2. The molecule has 0 amide bonds. The molecule has 3 atom stereocenters. The van der Waals surface area contributed by atoms with Gasteiger partial charge in [-0.15, -0.1) is 0 Å². The fourth-order valence-electron chi connectivity index (χ4n) is 8.68. The summed E-state index contributed by atoms with van der Waals surface area (Å²) >= 11 is 0. The molecule has 0 aromatic heterocycles. The number of rotatable bonds is 3. The van der Waals surface area contributed by atoms with Crippen LogP contribution in [0, 0.1) is 11.3 Å². The van der Waals surface area contributed by atoms with Crippen molar-refractivity contribution in [3.05, 3.63) is 153 Å². The minimum Gasteiger partial charge on any atom is -0.0723 e. The average molecular weight is 591 g/mol. The van der Waals surface area contributed by atoms with E-state index in [1.165, 1.54) is 44.5 Å². The first kappa shape index (κ1) is 30.0. The van der Waals surface area contributed by atoms with Gasteiger partial charge in [-0.2, -0.15) is 0 Å². The van der Waals surface area contributed by atoms with E-state index in [-0.39, 0.29) is 21.7 Å². The van der Waals surface area contributed by atoms with E-state index in [0.29, 0.717) is 11.8 Å².